The van der Waals surface area contributed by atoms with E-state index in [9.17, 15) is 5.11 Å². The molecule has 0 saturated carbocycles. The third-order valence-corrected chi connectivity index (χ3v) is 5.58. The fraction of sp³-hybridized carbons (Fsp3) is 0.429. The molecular formula is C21H26N2O. The Labute approximate surface area is 144 Å². The van der Waals surface area contributed by atoms with Gasteiger partial charge in [-0.25, -0.2) is 0 Å². The molecule has 2 aromatic carbocycles. The molecule has 1 saturated heterocycles. The van der Waals surface area contributed by atoms with E-state index in [0.717, 1.165) is 39.0 Å². The Balaban J connectivity index is 1.46. The summed E-state index contributed by atoms with van der Waals surface area (Å²) in [6, 6.07) is 19.9. The lowest BCUT2D eigenvalue weighted by Crippen LogP contribution is -2.51. The van der Waals surface area contributed by atoms with Crippen LogP contribution in [0, 0.1) is 5.92 Å². The smallest absolute Gasteiger partial charge is 0.0491 e. The molecule has 3 nitrogen and oxygen atoms in total. The van der Waals surface area contributed by atoms with Crippen LogP contribution in [0.1, 0.15) is 17.5 Å². The van der Waals surface area contributed by atoms with Crippen LogP contribution < -0.4 is 4.90 Å². The summed E-state index contributed by atoms with van der Waals surface area (Å²) in [7, 11) is 0. The van der Waals surface area contributed by atoms with Crippen LogP contribution in [0.5, 0.6) is 0 Å². The first-order chi connectivity index (χ1) is 11.8. The minimum Gasteiger partial charge on any atom is -0.396 e. The number of nitrogens with zero attached hydrogens (tertiary/aromatic N) is 2. The van der Waals surface area contributed by atoms with Crippen LogP contribution >= 0.6 is 0 Å². The van der Waals surface area contributed by atoms with Crippen LogP contribution in [0.15, 0.2) is 54.6 Å². The van der Waals surface area contributed by atoms with E-state index in [1.165, 1.54) is 16.8 Å². The van der Waals surface area contributed by atoms with Crippen molar-refractivity contribution in [3.05, 3.63) is 65.7 Å². The number of anilines is 1. The highest BCUT2D eigenvalue weighted by molar-refractivity contribution is 5.58. The molecule has 2 aromatic rings. The monoisotopic (exact) mass is 322 g/mol. The van der Waals surface area contributed by atoms with Gasteiger partial charge < -0.3 is 10.0 Å². The Morgan fingerprint density at radius 2 is 1.75 bits per heavy atom. The van der Waals surface area contributed by atoms with E-state index in [1.54, 1.807) is 0 Å². The third kappa shape index (κ3) is 3.06. The lowest BCUT2D eigenvalue weighted by molar-refractivity contribution is 0.0963. The number of aliphatic hydroxyl groups is 1. The third-order valence-electron chi connectivity index (χ3n) is 5.58. The maximum atomic E-state index is 10.0. The Morgan fingerprint density at radius 1 is 0.958 bits per heavy atom. The second-order valence-electron chi connectivity index (χ2n) is 7.09. The number of piperidine rings is 1. The molecule has 0 amide bonds. The van der Waals surface area contributed by atoms with Gasteiger partial charge in [-0.1, -0.05) is 48.5 Å². The Hall–Kier alpha value is -1.84. The summed E-state index contributed by atoms with van der Waals surface area (Å²) in [6.45, 7) is 4.44. The molecule has 0 aliphatic carbocycles. The van der Waals surface area contributed by atoms with E-state index < -0.39 is 0 Å². The van der Waals surface area contributed by atoms with Crippen molar-refractivity contribution in [2.75, 3.05) is 31.1 Å². The zero-order chi connectivity index (χ0) is 16.4. The van der Waals surface area contributed by atoms with Crippen molar-refractivity contribution in [1.29, 1.82) is 0 Å². The SMILES string of the molecule is OCC1CN(Cc2ccccc2)CCC1N1CCc2ccccc21. The zero-order valence-electron chi connectivity index (χ0n) is 14.1. The average molecular weight is 322 g/mol. The molecule has 0 bridgehead atoms. The molecule has 0 aromatic heterocycles. The molecule has 0 radical (unpaired) electrons. The first-order valence-electron chi connectivity index (χ1n) is 9.07. The number of hydrogen-bond acceptors (Lipinski definition) is 3. The lowest BCUT2D eigenvalue weighted by atomic mass is 9.91. The lowest BCUT2D eigenvalue weighted by Gasteiger charge is -2.43. The van der Waals surface area contributed by atoms with Gasteiger partial charge in [-0.15, -0.1) is 0 Å². The van der Waals surface area contributed by atoms with Gasteiger partial charge >= 0.3 is 0 Å². The molecule has 4 rings (SSSR count). The van der Waals surface area contributed by atoms with E-state index >= 15 is 0 Å². The van der Waals surface area contributed by atoms with Crippen LogP contribution in [0.4, 0.5) is 5.69 Å². The van der Waals surface area contributed by atoms with Crippen LogP contribution in [0.3, 0.4) is 0 Å². The minimum atomic E-state index is 0.272. The summed E-state index contributed by atoms with van der Waals surface area (Å²) in [5, 5.41) is 10.0. The molecule has 24 heavy (non-hydrogen) atoms. The van der Waals surface area contributed by atoms with Crippen molar-refractivity contribution < 1.29 is 5.11 Å². The molecule has 2 unspecified atom stereocenters. The van der Waals surface area contributed by atoms with Crippen LogP contribution in [-0.2, 0) is 13.0 Å². The van der Waals surface area contributed by atoms with Crippen molar-refractivity contribution in [2.24, 2.45) is 5.92 Å². The quantitative estimate of drug-likeness (QED) is 0.937. The highest BCUT2D eigenvalue weighted by Crippen LogP contribution is 2.34. The van der Waals surface area contributed by atoms with Crippen LogP contribution in [-0.4, -0.2) is 42.3 Å². The number of hydrogen-bond donors (Lipinski definition) is 1. The largest absolute Gasteiger partial charge is 0.396 e. The molecule has 2 aliphatic rings. The summed E-state index contributed by atoms with van der Waals surface area (Å²) >= 11 is 0. The normalized spacial score (nSPS) is 24.1. The van der Waals surface area contributed by atoms with Gasteiger partial charge in [0.2, 0.25) is 0 Å². The van der Waals surface area contributed by atoms with Crippen molar-refractivity contribution in [3.63, 3.8) is 0 Å². The number of fused-ring (bicyclic) bond motifs is 1. The van der Waals surface area contributed by atoms with E-state index in [-0.39, 0.29) is 6.61 Å². The predicted molar refractivity (Wildman–Crippen MR) is 98.2 cm³/mol. The van der Waals surface area contributed by atoms with E-state index in [0.29, 0.717) is 12.0 Å². The molecule has 2 aliphatic heterocycles. The standard InChI is InChI=1S/C21H26N2O/c24-16-19-15-22(14-17-6-2-1-3-7-17)12-11-21(19)23-13-10-18-8-4-5-9-20(18)23/h1-9,19,21,24H,10-16H2. The highest BCUT2D eigenvalue weighted by Gasteiger charge is 2.35. The van der Waals surface area contributed by atoms with Gasteiger partial charge in [-0.3, -0.25) is 4.90 Å². The summed E-state index contributed by atoms with van der Waals surface area (Å²) in [5.74, 6) is 0.327. The molecule has 126 valence electrons. The molecular weight excluding hydrogens is 296 g/mol. The Bertz CT molecular complexity index is 673. The highest BCUT2D eigenvalue weighted by atomic mass is 16.3. The topological polar surface area (TPSA) is 26.7 Å². The molecule has 2 atom stereocenters. The zero-order valence-corrected chi connectivity index (χ0v) is 14.1. The molecule has 1 N–H and O–H groups in total. The first kappa shape index (κ1) is 15.7. The average Bonchev–Trinajstić information content (AvgIpc) is 3.06. The number of para-hydroxylation sites is 1. The van der Waals surface area contributed by atoms with E-state index in [1.807, 2.05) is 0 Å². The van der Waals surface area contributed by atoms with E-state index in [2.05, 4.69) is 64.4 Å². The molecule has 2 heterocycles. The maximum absolute atomic E-state index is 10.0. The Kier molecular flexibility index (Phi) is 4.54. The maximum Gasteiger partial charge on any atom is 0.0491 e. The summed E-state index contributed by atoms with van der Waals surface area (Å²) < 4.78 is 0. The fourth-order valence-electron chi connectivity index (χ4n) is 4.38. The van der Waals surface area contributed by atoms with Crippen molar-refractivity contribution in [2.45, 2.75) is 25.4 Å². The number of rotatable bonds is 4. The van der Waals surface area contributed by atoms with Gasteiger partial charge in [0.15, 0.2) is 0 Å². The van der Waals surface area contributed by atoms with Crippen molar-refractivity contribution in [3.8, 4) is 0 Å². The van der Waals surface area contributed by atoms with Gasteiger partial charge in [-0.05, 0) is 30.0 Å². The second-order valence-corrected chi connectivity index (χ2v) is 7.09. The summed E-state index contributed by atoms with van der Waals surface area (Å²) in [6.07, 6.45) is 2.27. The molecule has 1 fully saturated rings. The van der Waals surface area contributed by atoms with Gasteiger partial charge in [0, 0.05) is 50.4 Å². The minimum absolute atomic E-state index is 0.272. The second kappa shape index (κ2) is 6.96. The molecule has 0 spiro atoms. The number of aliphatic hydroxyl groups excluding tert-OH is 1. The van der Waals surface area contributed by atoms with E-state index in [4.69, 9.17) is 0 Å². The number of benzene rings is 2. The van der Waals surface area contributed by atoms with Gasteiger partial charge in [0.1, 0.15) is 0 Å². The van der Waals surface area contributed by atoms with Gasteiger partial charge in [0.25, 0.3) is 0 Å². The van der Waals surface area contributed by atoms with Gasteiger partial charge in [0.05, 0.1) is 0 Å². The fourth-order valence-corrected chi connectivity index (χ4v) is 4.38. The van der Waals surface area contributed by atoms with Crippen LogP contribution in [0.2, 0.25) is 0 Å². The summed E-state index contributed by atoms with van der Waals surface area (Å²) in [4.78, 5) is 5.05. The van der Waals surface area contributed by atoms with Crippen molar-refractivity contribution in [1.82, 2.24) is 4.90 Å². The number of likely N-dealkylation sites (tertiary alicyclic amines) is 1. The van der Waals surface area contributed by atoms with Crippen LogP contribution in [0.25, 0.3) is 0 Å². The first-order valence-corrected chi connectivity index (χ1v) is 9.07. The predicted octanol–water partition coefficient (Wildman–Crippen LogP) is 2.93. The Morgan fingerprint density at radius 3 is 2.58 bits per heavy atom. The van der Waals surface area contributed by atoms with Gasteiger partial charge in [-0.2, -0.15) is 0 Å². The van der Waals surface area contributed by atoms with Crippen molar-refractivity contribution >= 4 is 5.69 Å². The summed E-state index contributed by atoms with van der Waals surface area (Å²) in [5.41, 5.74) is 4.21. The molecule has 3 heteroatoms.